The van der Waals surface area contributed by atoms with E-state index >= 15 is 0 Å². The first-order valence-corrected chi connectivity index (χ1v) is 5.89. The number of carbonyl (C=O) groups is 1. The molecule has 1 atom stereocenters. The third-order valence-corrected chi connectivity index (χ3v) is 2.78. The summed E-state index contributed by atoms with van der Waals surface area (Å²) in [6.45, 7) is 4.26. The molecule has 0 radical (unpaired) electrons. The number of aryl methyl sites for hydroxylation is 1. The average molecular weight is 249 g/mol. The molecule has 0 aliphatic heterocycles. The third-order valence-electron chi connectivity index (χ3n) is 2.78. The van der Waals surface area contributed by atoms with Gasteiger partial charge in [0, 0.05) is 6.54 Å². The van der Waals surface area contributed by atoms with Gasteiger partial charge in [0.15, 0.2) is 5.84 Å². The molecule has 0 saturated carbocycles. The minimum atomic E-state index is -0.583. The van der Waals surface area contributed by atoms with E-state index in [4.69, 9.17) is 10.9 Å². The van der Waals surface area contributed by atoms with Gasteiger partial charge in [-0.15, -0.1) is 0 Å². The predicted octanol–water partition coefficient (Wildman–Crippen LogP) is 1.38. The van der Waals surface area contributed by atoms with Gasteiger partial charge < -0.3 is 16.3 Å². The maximum Gasteiger partial charge on any atom is 0.231 e. The fraction of sp³-hybridized carbons (Fsp3) is 0.385. The van der Waals surface area contributed by atoms with Crippen LogP contribution < -0.4 is 11.1 Å². The molecule has 0 heterocycles. The second-order valence-electron chi connectivity index (χ2n) is 4.19. The van der Waals surface area contributed by atoms with Crippen molar-refractivity contribution in [3.05, 3.63) is 35.4 Å². The summed E-state index contributed by atoms with van der Waals surface area (Å²) in [7, 11) is 0. The van der Waals surface area contributed by atoms with Crippen LogP contribution in [0.2, 0.25) is 0 Å². The lowest BCUT2D eigenvalue weighted by Gasteiger charge is -2.13. The van der Waals surface area contributed by atoms with Crippen molar-refractivity contribution in [1.82, 2.24) is 5.32 Å². The molecule has 0 fully saturated rings. The zero-order valence-corrected chi connectivity index (χ0v) is 10.7. The molecular formula is C13H19N3O2. The van der Waals surface area contributed by atoms with Crippen molar-refractivity contribution in [3.63, 3.8) is 0 Å². The topological polar surface area (TPSA) is 87.7 Å². The van der Waals surface area contributed by atoms with Crippen molar-refractivity contribution in [1.29, 1.82) is 0 Å². The Morgan fingerprint density at radius 2 is 2.06 bits per heavy atom. The third kappa shape index (κ3) is 3.76. The zero-order valence-electron chi connectivity index (χ0n) is 10.7. The number of amidine groups is 1. The highest BCUT2D eigenvalue weighted by Crippen LogP contribution is 2.05. The number of hydrogen-bond donors (Lipinski definition) is 3. The van der Waals surface area contributed by atoms with Crippen LogP contribution in [0.3, 0.4) is 0 Å². The Balaban J connectivity index is 2.57. The molecule has 5 nitrogen and oxygen atoms in total. The smallest absolute Gasteiger partial charge is 0.231 e. The van der Waals surface area contributed by atoms with Gasteiger partial charge in [-0.3, -0.25) is 4.79 Å². The molecular weight excluding hydrogens is 230 g/mol. The molecule has 0 bridgehead atoms. The zero-order chi connectivity index (χ0) is 13.5. The van der Waals surface area contributed by atoms with E-state index in [9.17, 15) is 4.79 Å². The summed E-state index contributed by atoms with van der Waals surface area (Å²) in [5.74, 6) is -0.868. The van der Waals surface area contributed by atoms with Crippen LogP contribution in [0.25, 0.3) is 0 Å². The summed E-state index contributed by atoms with van der Waals surface area (Å²) in [5.41, 5.74) is 7.65. The minimum absolute atomic E-state index is 0.0566. The summed E-state index contributed by atoms with van der Waals surface area (Å²) in [6, 6.07) is 7.89. The van der Waals surface area contributed by atoms with Crippen molar-refractivity contribution in [2.75, 3.05) is 0 Å². The lowest BCUT2D eigenvalue weighted by molar-refractivity contribution is -0.123. The molecule has 4 N–H and O–H groups in total. The number of nitrogens with zero attached hydrogens (tertiary/aromatic N) is 1. The quantitative estimate of drug-likeness (QED) is 0.319. The number of amides is 1. The van der Waals surface area contributed by atoms with Crippen molar-refractivity contribution in [2.45, 2.75) is 26.8 Å². The molecule has 1 aromatic carbocycles. The van der Waals surface area contributed by atoms with Gasteiger partial charge in [-0.2, -0.15) is 0 Å². The number of nitrogens with two attached hydrogens (primary N) is 1. The minimum Gasteiger partial charge on any atom is -0.409 e. The van der Waals surface area contributed by atoms with Gasteiger partial charge in [-0.05, 0) is 18.9 Å². The monoisotopic (exact) mass is 249 g/mol. The lowest BCUT2D eigenvalue weighted by Crippen LogP contribution is -2.38. The first-order chi connectivity index (χ1) is 8.58. The van der Waals surface area contributed by atoms with E-state index < -0.39 is 5.92 Å². The van der Waals surface area contributed by atoms with E-state index in [2.05, 4.69) is 10.5 Å². The molecule has 0 spiro atoms. The molecule has 5 heteroatoms. The molecule has 1 aromatic rings. The average Bonchev–Trinajstić information content (AvgIpc) is 2.38. The molecule has 98 valence electrons. The summed E-state index contributed by atoms with van der Waals surface area (Å²) in [5, 5.41) is 14.2. The summed E-state index contributed by atoms with van der Waals surface area (Å²) < 4.78 is 0. The number of carbonyl (C=O) groups excluding carboxylic acids is 1. The van der Waals surface area contributed by atoms with Crippen LogP contribution in [0.5, 0.6) is 0 Å². The Labute approximate surface area is 107 Å². The van der Waals surface area contributed by atoms with E-state index in [1.54, 1.807) is 0 Å². The highest BCUT2D eigenvalue weighted by atomic mass is 16.4. The molecule has 18 heavy (non-hydrogen) atoms. The summed E-state index contributed by atoms with van der Waals surface area (Å²) in [4.78, 5) is 11.8. The van der Waals surface area contributed by atoms with E-state index in [0.717, 1.165) is 5.56 Å². The first kappa shape index (κ1) is 14.0. The Bertz CT molecular complexity index is 426. The number of rotatable bonds is 5. The Hall–Kier alpha value is -2.04. The molecule has 0 aromatic heterocycles. The molecule has 0 aliphatic carbocycles. The maximum absolute atomic E-state index is 11.8. The van der Waals surface area contributed by atoms with E-state index in [-0.39, 0.29) is 11.7 Å². The van der Waals surface area contributed by atoms with E-state index in [1.165, 1.54) is 5.56 Å². The fourth-order valence-electron chi connectivity index (χ4n) is 1.62. The predicted molar refractivity (Wildman–Crippen MR) is 70.2 cm³/mol. The van der Waals surface area contributed by atoms with Crippen molar-refractivity contribution in [3.8, 4) is 0 Å². The standard InChI is InChI=1S/C13H19N3O2/c1-3-11(12(14)16-18)13(17)15-8-10-6-4-9(2)5-7-10/h4-7,11,18H,3,8H2,1-2H3,(H2,14,16)(H,15,17). The normalized spacial score (nSPS) is 13.1. The largest absolute Gasteiger partial charge is 0.409 e. The van der Waals surface area contributed by atoms with Gasteiger partial charge in [0.2, 0.25) is 5.91 Å². The van der Waals surface area contributed by atoms with Gasteiger partial charge in [0.1, 0.15) is 0 Å². The van der Waals surface area contributed by atoms with Gasteiger partial charge in [-0.1, -0.05) is 41.9 Å². The van der Waals surface area contributed by atoms with E-state index in [0.29, 0.717) is 13.0 Å². The van der Waals surface area contributed by atoms with Gasteiger partial charge >= 0.3 is 0 Å². The van der Waals surface area contributed by atoms with Crippen LogP contribution in [0.1, 0.15) is 24.5 Å². The first-order valence-electron chi connectivity index (χ1n) is 5.89. The van der Waals surface area contributed by atoms with Crippen molar-refractivity contribution in [2.24, 2.45) is 16.8 Å². The number of benzene rings is 1. The van der Waals surface area contributed by atoms with Crippen molar-refractivity contribution >= 4 is 11.7 Å². The van der Waals surface area contributed by atoms with E-state index in [1.807, 2.05) is 38.1 Å². The van der Waals surface area contributed by atoms with Crippen molar-refractivity contribution < 1.29 is 10.0 Å². The molecule has 1 rings (SSSR count). The second-order valence-corrected chi connectivity index (χ2v) is 4.19. The van der Waals surface area contributed by atoms with Crippen LogP contribution in [0.4, 0.5) is 0 Å². The van der Waals surface area contributed by atoms with Crippen LogP contribution in [-0.4, -0.2) is 17.0 Å². The van der Waals surface area contributed by atoms with Crippen LogP contribution in [0.15, 0.2) is 29.4 Å². The molecule has 1 amide bonds. The lowest BCUT2D eigenvalue weighted by atomic mass is 10.0. The maximum atomic E-state index is 11.8. The second kappa shape index (κ2) is 6.64. The highest BCUT2D eigenvalue weighted by molar-refractivity contribution is 6.01. The van der Waals surface area contributed by atoms with Gasteiger partial charge in [0.05, 0.1) is 5.92 Å². The Morgan fingerprint density at radius 3 is 2.56 bits per heavy atom. The Morgan fingerprint density at radius 1 is 1.44 bits per heavy atom. The van der Waals surface area contributed by atoms with Crippen LogP contribution in [0, 0.1) is 12.8 Å². The fourth-order valence-corrected chi connectivity index (χ4v) is 1.62. The number of nitrogens with one attached hydrogen (secondary N) is 1. The number of oxime groups is 1. The van der Waals surface area contributed by atoms with Gasteiger partial charge in [0.25, 0.3) is 0 Å². The molecule has 0 saturated heterocycles. The van der Waals surface area contributed by atoms with Crippen LogP contribution >= 0.6 is 0 Å². The summed E-state index contributed by atoms with van der Waals surface area (Å²) in [6.07, 6.45) is 0.496. The Kier molecular flexibility index (Phi) is 5.17. The SMILES string of the molecule is CCC(C(=O)NCc1ccc(C)cc1)/C(N)=N/O. The molecule has 0 aliphatic rings. The van der Waals surface area contributed by atoms with Crippen LogP contribution in [-0.2, 0) is 11.3 Å². The number of hydrogen-bond acceptors (Lipinski definition) is 3. The highest BCUT2D eigenvalue weighted by Gasteiger charge is 2.20. The van der Waals surface area contributed by atoms with Gasteiger partial charge in [-0.25, -0.2) is 0 Å². The molecule has 1 unspecified atom stereocenters. The summed E-state index contributed by atoms with van der Waals surface area (Å²) >= 11 is 0.